The molecule has 0 aliphatic rings. The Kier molecular flexibility index (Phi) is 2.89. The highest BCUT2D eigenvalue weighted by Crippen LogP contribution is 2.18. The Morgan fingerprint density at radius 3 is 3.00 bits per heavy atom. The van der Waals surface area contributed by atoms with Crippen molar-refractivity contribution in [3.8, 4) is 11.8 Å². The van der Waals surface area contributed by atoms with E-state index < -0.39 is 0 Å². The summed E-state index contributed by atoms with van der Waals surface area (Å²) in [7, 11) is 1.53. The molecule has 0 N–H and O–H groups in total. The third kappa shape index (κ3) is 1.86. The maximum Gasteiger partial charge on any atom is 0.141 e. The predicted molar refractivity (Wildman–Crippen MR) is 45.1 cm³/mol. The second kappa shape index (κ2) is 3.93. The van der Waals surface area contributed by atoms with Gasteiger partial charge in [-0.3, -0.25) is 0 Å². The molecule has 0 amide bonds. The maximum absolute atomic E-state index is 8.44. The Morgan fingerprint density at radius 1 is 1.67 bits per heavy atom. The fraction of sp³-hybridized carbons (Fsp3) is 0.250. The first kappa shape index (κ1) is 8.82. The summed E-state index contributed by atoms with van der Waals surface area (Å²) < 4.78 is 4.98. The number of hydrogen-bond donors (Lipinski definition) is 0. The molecule has 0 aliphatic carbocycles. The Labute approximate surface area is 75.6 Å². The fourth-order valence-electron chi connectivity index (χ4n) is 0.849. The molecule has 1 heterocycles. The summed E-state index contributed by atoms with van der Waals surface area (Å²) >= 11 is 5.63. The first-order valence-corrected chi connectivity index (χ1v) is 3.72. The number of ether oxygens (including phenoxy) is 1. The van der Waals surface area contributed by atoms with Crippen LogP contribution in [-0.4, -0.2) is 12.1 Å². The highest BCUT2D eigenvalue weighted by atomic mass is 35.5. The summed E-state index contributed by atoms with van der Waals surface area (Å²) in [5.41, 5.74) is 0.576. The topological polar surface area (TPSA) is 45.9 Å². The van der Waals surface area contributed by atoms with Crippen molar-refractivity contribution in [3.05, 3.63) is 23.0 Å². The molecule has 0 spiro atoms. The van der Waals surface area contributed by atoms with E-state index in [2.05, 4.69) is 4.98 Å². The molecule has 62 valence electrons. The lowest BCUT2D eigenvalue weighted by Gasteiger charge is -2.03. The van der Waals surface area contributed by atoms with Gasteiger partial charge >= 0.3 is 0 Å². The summed E-state index contributed by atoms with van der Waals surface area (Å²) in [6, 6.07) is 5.31. The van der Waals surface area contributed by atoms with Crippen molar-refractivity contribution in [2.75, 3.05) is 7.11 Å². The van der Waals surface area contributed by atoms with Crippen molar-refractivity contribution < 1.29 is 4.74 Å². The third-order valence-corrected chi connectivity index (χ3v) is 1.58. The number of methoxy groups -OCH3 is 1. The van der Waals surface area contributed by atoms with Gasteiger partial charge in [0.25, 0.3) is 0 Å². The van der Waals surface area contributed by atoms with Crippen LogP contribution in [0, 0.1) is 11.3 Å². The standard InChI is InChI=1S/C8H7ClN2O/c1-12-7-2-3-8(9)11-6(7)4-5-10/h2-3H,4H2,1H3. The van der Waals surface area contributed by atoms with Gasteiger partial charge in [-0.2, -0.15) is 5.26 Å². The number of aromatic nitrogens is 1. The van der Waals surface area contributed by atoms with Crippen LogP contribution in [0.25, 0.3) is 0 Å². The third-order valence-electron chi connectivity index (χ3n) is 1.36. The van der Waals surface area contributed by atoms with E-state index in [1.165, 1.54) is 7.11 Å². The van der Waals surface area contributed by atoms with Crippen LogP contribution in [0.4, 0.5) is 0 Å². The lowest BCUT2D eigenvalue weighted by atomic mass is 10.2. The van der Waals surface area contributed by atoms with Crippen LogP contribution in [0.1, 0.15) is 5.69 Å². The molecule has 0 unspecified atom stereocenters. The first-order valence-electron chi connectivity index (χ1n) is 3.34. The van der Waals surface area contributed by atoms with E-state index in [0.29, 0.717) is 16.6 Å². The molecule has 0 atom stereocenters. The second-order valence-corrected chi connectivity index (χ2v) is 2.51. The van der Waals surface area contributed by atoms with Crippen molar-refractivity contribution in [2.45, 2.75) is 6.42 Å². The predicted octanol–water partition coefficient (Wildman–Crippen LogP) is 1.81. The molecular weight excluding hydrogens is 176 g/mol. The average molecular weight is 183 g/mol. The number of pyridine rings is 1. The monoisotopic (exact) mass is 182 g/mol. The van der Waals surface area contributed by atoms with Gasteiger partial charge in [-0.05, 0) is 12.1 Å². The smallest absolute Gasteiger partial charge is 0.141 e. The number of nitriles is 1. The number of hydrogen-bond acceptors (Lipinski definition) is 3. The van der Waals surface area contributed by atoms with Gasteiger partial charge in [-0.15, -0.1) is 0 Å². The quantitative estimate of drug-likeness (QED) is 0.656. The van der Waals surface area contributed by atoms with Crippen molar-refractivity contribution in [2.24, 2.45) is 0 Å². The highest BCUT2D eigenvalue weighted by Gasteiger charge is 2.03. The van der Waals surface area contributed by atoms with E-state index in [1.807, 2.05) is 6.07 Å². The molecule has 3 nitrogen and oxygen atoms in total. The Balaban J connectivity index is 3.05. The van der Waals surface area contributed by atoms with Gasteiger partial charge in [-0.25, -0.2) is 4.98 Å². The largest absolute Gasteiger partial charge is 0.495 e. The summed E-state index contributed by atoms with van der Waals surface area (Å²) in [6.45, 7) is 0. The van der Waals surface area contributed by atoms with Crippen LogP contribution < -0.4 is 4.74 Å². The first-order chi connectivity index (χ1) is 5.77. The minimum absolute atomic E-state index is 0.212. The Bertz CT molecular complexity index is 319. The Hall–Kier alpha value is -1.27. The molecule has 0 saturated carbocycles. The van der Waals surface area contributed by atoms with E-state index >= 15 is 0 Å². The zero-order valence-corrected chi connectivity index (χ0v) is 7.30. The van der Waals surface area contributed by atoms with Crippen LogP contribution in [0.5, 0.6) is 5.75 Å². The molecule has 1 aromatic heterocycles. The summed E-state index contributed by atoms with van der Waals surface area (Å²) in [6.07, 6.45) is 0.212. The van der Waals surface area contributed by atoms with Gasteiger partial charge in [0.2, 0.25) is 0 Å². The molecule has 0 radical (unpaired) electrons. The van der Waals surface area contributed by atoms with E-state index in [-0.39, 0.29) is 6.42 Å². The van der Waals surface area contributed by atoms with Crippen LogP contribution in [0.2, 0.25) is 5.15 Å². The fourth-order valence-corrected chi connectivity index (χ4v) is 1.01. The lowest BCUT2D eigenvalue weighted by molar-refractivity contribution is 0.408. The number of rotatable bonds is 2. The molecule has 4 heteroatoms. The molecule has 0 fully saturated rings. The zero-order chi connectivity index (χ0) is 8.97. The van der Waals surface area contributed by atoms with Crippen LogP contribution >= 0.6 is 11.6 Å². The lowest BCUT2D eigenvalue weighted by Crippen LogP contribution is -1.94. The number of nitrogens with zero attached hydrogens (tertiary/aromatic N) is 2. The summed E-state index contributed by atoms with van der Waals surface area (Å²) in [5, 5.41) is 8.82. The minimum atomic E-state index is 0.212. The van der Waals surface area contributed by atoms with Crippen LogP contribution in [0.3, 0.4) is 0 Å². The molecule has 0 saturated heterocycles. The molecule has 0 aliphatic heterocycles. The van der Waals surface area contributed by atoms with E-state index in [1.54, 1.807) is 12.1 Å². The van der Waals surface area contributed by atoms with Crippen molar-refractivity contribution in [1.29, 1.82) is 5.26 Å². The summed E-state index contributed by atoms with van der Waals surface area (Å²) in [4.78, 5) is 3.95. The van der Waals surface area contributed by atoms with Crippen LogP contribution in [0.15, 0.2) is 12.1 Å². The normalized spacial score (nSPS) is 9.08. The second-order valence-electron chi connectivity index (χ2n) is 2.12. The average Bonchev–Trinajstić information content (AvgIpc) is 2.05. The van der Waals surface area contributed by atoms with Gasteiger partial charge in [0, 0.05) is 0 Å². The highest BCUT2D eigenvalue weighted by molar-refractivity contribution is 6.29. The molecule has 12 heavy (non-hydrogen) atoms. The van der Waals surface area contributed by atoms with Crippen molar-refractivity contribution in [1.82, 2.24) is 4.98 Å². The molecule has 0 aromatic carbocycles. The number of halogens is 1. The molecule has 1 rings (SSSR count). The summed E-state index contributed by atoms with van der Waals surface area (Å²) in [5.74, 6) is 0.598. The molecular formula is C8H7ClN2O. The van der Waals surface area contributed by atoms with E-state index in [4.69, 9.17) is 21.6 Å². The molecule has 0 bridgehead atoms. The van der Waals surface area contributed by atoms with Crippen LogP contribution in [-0.2, 0) is 6.42 Å². The van der Waals surface area contributed by atoms with Gasteiger partial charge in [-0.1, -0.05) is 11.6 Å². The van der Waals surface area contributed by atoms with Gasteiger partial charge in [0.05, 0.1) is 25.3 Å². The SMILES string of the molecule is COc1ccc(Cl)nc1CC#N. The minimum Gasteiger partial charge on any atom is -0.495 e. The van der Waals surface area contributed by atoms with E-state index in [0.717, 1.165) is 0 Å². The van der Waals surface area contributed by atoms with Crippen molar-refractivity contribution >= 4 is 11.6 Å². The van der Waals surface area contributed by atoms with Crippen molar-refractivity contribution in [3.63, 3.8) is 0 Å². The zero-order valence-electron chi connectivity index (χ0n) is 6.54. The van der Waals surface area contributed by atoms with E-state index in [9.17, 15) is 0 Å². The van der Waals surface area contributed by atoms with Gasteiger partial charge in [0.1, 0.15) is 10.9 Å². The maximum atomic E-state index is 8.44. The van der Waals surface area contributed by atoms with Gasteiger partial charge < -0.3 is 4.74 Å². The van der Waals surface area contributed by atoms with Gasteiger partial charge in [0.15, 0.2) is 0 Å². The molecule has 1 aromatic rings. The Morgan fingerprint density at radius 2 is 2.42 bits per heavy atom.